The molecular weight excluding hydrogens is 296 g/mol. The lowest BCUT2D eigenvalue weighted by Gasteiger charge is -2.25. The second-order valence-corrected chi connectivity index (χ2v) is 6.50. The molecule has 2 nitrogen and oxygen atoms in total. The van der Waals surface area contributed by atoms with Crippen molar-refractivity contribution in [1.82, 2.24) is 0 Å². The minimum atomic E-state index is -0.220. The van der Waals surface area contributed by atoms with Crippen molar-refractivity contribution in [2.24, 2.45) is 0 Å². The van der Waals surface area contributed by atoms with E-state index < -0.39 is 0 Å². The van der Waals surface area contributed by atoms with Gasteiger partial charge in [0.15, 0.2) is 0 Å². The monoisotopic (exact) mass is 316 g/mol. The lowest BCUT2D eigenvalue weighted by molar-refractivity contribution is -0.0849. The van der Waals surface area contributed by atoms with Crippen LogP contribution in [0.1, 0.15) is 37.0 Å². The molecular formula is C19H21ClO2. The summed E-state index contributed by atoms with van der Waals surface area (Å²) >= 11 is 6.15. The van der Waals surface area contributed by atoms with Crippen molar-refractivity contribution in [3.63, 3.8) is 0 Å². The van der Waals surface area contributed by atoms with Crippen molar-refractivity contribution in [1.29, 1.82) is 0 Å². The van der Waals surface area contributed by atoms with Gasteiger partial charge < -0.3 is 9.47 Å². The van der Waals surface area contributed by atoms with Crippen LogP contribution in [0.15, 0.2) is 54.6 Å². The highest BCUT2D eigenvalue weighted by Gasteiger charge is 2.36. The maximum absolute atomic E-state index is 6.25. The van der Waals surface area contributed by atoms with Gasteiger partial charge in [0.1, 0.15) is 0 Å². The summed E-state index contributed by atoms with van der Waals surface area (Å²) in [4.78, 5) is 0. The molecule has 0 bridgehead atoms. The van der Waals surface area contributed by atoms with Crippen LogP contribution in [-0.4, -0.2) is 12.2 Å². The molecule has 22 heavy (non-hydrogen) atoms. The van der Waals surface area contributed by atoms with Gasteiger partial charge in [0.25, 0.3) is 0 Å². The minimum absolute atomic E-state index is 0.176. The van der Waals surface area contributed by atoms with Crippen LogP contribution in [0.4, 0.5) is 0 Å². The van der Waals surface area contributed by atoms with Crippen molar-refractivity contribution in [2.45, 2.75) is 38.1 Å². The topological polar surface area (TPSA) is 18.5 Å². The molecule has 1 heterocycles. The fourth-order valence-corrected chi connectivity index (χ4v) is 3.09. The summed E-state index contributed by atoms with van der Waals surface area (Å²) in [7, 11) is 0. The lowest BCUT2D eigenvalue weighted by Crippen LogP contribution is -2.30. The minimum Gasteiger partial charge on any atom is -0.374 e. The average molecular weight is 317 g/mol. The van der Waals surface area contributed by atoms with Gasteiger partial charge in [-0.3, -0.25) is 0 Å². The van der Waals surface area contributed by atoms with Crippen LogP contribution in [0.25, 0.3) is 0 Å². The van der Waals surface area contributed by atoms with Gasteiger partial charge in [0, 0.05) is 5.02 Å². The lowest BCUT2D eigenvalue weighted by atomic mass is 10.0. The van der Waals surface area contributed by atoms with E-state index in [4.69, 9.17) is 21.1 Å². The fraction of sp³-hybridized carbons (Fsp3) is 0.368. The molecule has 2 atom stereocenters. The molecule has 1 fully saturated rings. The molecule has 0 aromatic heterocycles. The van der Waals surface area contributed by atoms with Crippen LogP contribution in [0, 0.1) is 0 Å². The van der Waals surface area contributed by atoms with Gasteiger partial charge in [-0.25, -0.2) is 0 Å². The van der Waals surface area contributed by atoms with Crippen LogP contribution in [0.5, 0.6) is 0 Å². The molecule has 1 aliphatic rings. The number of ether oxygens (including phenoxy) is 2. The Labute approximate surface area is 137 Å². The van der Waals surface area contributed by atoms with E-state index in [0.717, 1.165) is 23.4 Å². The van der Waals surface area contributed by atoms with E-state index in [1.807, 2.05) is 30.3 Å². The van der Waals surface area contributed by atoms with E-state index in [2.05, 4.69) is 31.2 Å². The zero-order valence-electron chi connectivity index (χ0n) is 12.8. The molecule has 2 aromatic rings. The summed E-state index contributed by atoms with van der Waals surface area (Å²) < 4.78 is 12.1. The quantitative estimate of drug-likeness (QED) is 0.758. The molecule has 116 valence electrons. The first-order valence-corrected chi connectivity index (χ1v) is 8.08. The third kappa shape index (κ3) is 3.70. The number of rotatable bonds is 5. The van der Waals surface area contributed by atoms with Gasteiger partial charge in [-0.1, -0.05) is 60.1 Å². The number of benzene rings is 2. The normalized spacial score (nSPS) is 24.5. The highest BCUT2D eigenvalue weighted by molar-refractivity contribution is 6.31. The van der Waals surface area contributed by atoms with Gasteiger partial charge >= 0.3 is 0 Å². The summed E-state index contributed by atoms with van der Waals surface area (Å²) in [6, 6.07) is 18.2. The van der Waals surface area contributed by atoms with Gasteiger partial charge in [0.05, 0.1) is 24.9 Å². The van der Waals surface area contributed by atoms with Crippen LogP contribution in [0.3, 0.4) is 0 Å². The van der Waals surface area contributed by atoms with E-state index in [-0.39, 0.29) is 11.7 Å². The molecule has 2 aromatic carbocycles. The van der Waals surface area contributed by atoms with Gasteiger partial charge in [-0.05, 0) is 37.0 Å². The number of hydrogen-bond donors (Lipinski definition) is 0. The van der Waals surface area contributed by atoms with Gasteiger partial charge in [0.2, 0.25) is 0 Å². The Bertz CT molecular complexity index is 614. The summed E-state index contributed by atoms with van der Waals surface area (Å²) in [5, 5.41) is 0.752. The Morgan fingerprint density at radius 3 is 2.64 bits per heavy atom. The Hall–Kier alpha value is -1.35. The molecule has 3 heteroatoms. The predicted octanol–water partition coefficient (Wildman–Crippen LogP) is 5.17. The van der Waals surface area contributed by atoms with Crippen molar-refractivity contribution in [3.8, 4) is 0 Å². The zero-order chi connectivity index (χ0) is 15.4. The molecule has 1 saturated heterocycles. The summed E-state index contributed by atoms with van der Waals surface area (Å²) in [6.07, 6.45) is 2.22. The van der Waals surface area contributed by atoms with E-state index in [0.29, 0.717) is 13.2 Å². The maximum Gasteiger partial charge on any atom is 0.0896 e. The Morgan fingerprint density at radius 1 is 1.14 bits per heavy atom. The molecule has 0 saturated carbocycles. The average Bonchev–Trinajstić information content (AvgIpc) is 2.93. The predicted molar refractivity (Wildman–Crippen MR) is 89.0 cm³/mol. The van der Waals surface area contributed by atoms with Crippen LogP contribution >= 0.6 is 11.6 Å². The second-order valence-electron chi connectivity index (χ2n) is 6.09. The first kappa shape index (κ1) is 15.5. The summed E-state index contributed by atoms with van der Waals surface area (Å²) in [5.74, 6) is 0. The third-order valence-corrected chi connectivity index (χ3v) is 4.53. The van der Waals surface area contributed by atoms with Crippen molar-refractivity contribution >= 4 is 11.6 Å². The largest absolute Gasteiger partial charge is 0.374 e. The molecule has 1 aliphatic heterocycles. The highest BCUT2D eigenvalue weighted by Crippen LogP contribution is 2.39. The fourth-order valence-electron chi connectivity index (χ4n) is 2.90. The van der Waals surface area contributed by atoms with Crippen LogP contribution < -0.4 is 0 Å². The molecule has 0 spiro atoms. The summed E-state index contributed by atoms with van der Waals surface area (Å²) in [6.45, 7) is 3.23. The van der Waals surface area contributed by atoms with E-state index in [1.165, 1.54) is 5.56 Å². The first-order valence-electron chi connectivity index (χ1n) is 7.70. The molecule has 0 radical (unpaired) electrons. The number of halogens is 1. The Morgan fingerprint density at radius 2 is 1.86 bits per heavy atom. The van der Waals surface area contributed by atoms with Crippen LogP contribution in [-0.2, 0) is 16.1 Å². The Balaban J connectivity index is 1.54. The number of hydrogen-bond acceptors (Lipinski definition) is 2. The second kappa shape index (κ2) is 6.82. The molecule has 0 N–H and O–H groups in total. The van der Waals surface area contributed by atoms with E-state index >= 15 is 0 Å². The molecule has 3 rings (SSSR count). The van der Waals surface area contributed by atoms with Crippen molar-refractivity contribution in [3.05, 3.63) is 70.7 Å². The zero-order valence-corrected chi connectivity index (χ0v) is 13.6. The van der Waals surface area contributed by atoms with E-state index in [1.54, 1.807) is 0 Å². The molecule has 0 aliphatic carbocycles. The SMILES string of the molecule is CC1(COCc2ccccc2Cl)CCC(c2ccccc2)O1. The standard InChI is InChI=1S/C19H21ClO2/c1-19(14-21-13-16-9-5-6-10-17(16)20)12-11-18(22-19)15-7-3-2-4-8-15/h2-10,18H,11-14H2,1H3. The first-order chi connectivity index (χ1) is 10.7. The van der Waals surface area contributed by atoms with Crippen molar-refractivity contribution < 1.29 is 9.47 Å². The maximum atomic E-state index is 6.25. The highest BCUT2D eigenvalue weighted by atomic mass is 35.5. The van der Waals surface area contributed by atoms with Crippen LogP contribution in [0.2, 0.25) is 5.02 Å². The smallest absolute Gasteiger partial charge is 0.0896 e. The van der Waals surface area contributed by atoms with Gasteiger partial charge in [-0.2, -0.15) is 0 Å². The summed E-state index contributed by atoms with van der Waals surface area (Å²) in [5.41, 5.74) is 2.05. The molecule has 0 amide bonds. The van der Waals surface area contributed by atoms with E-state index in [9.17, 15) is 0 Å². The third-order valence-electron chi connectivity index (χ3n) is 4.16. The Kier molecular flexibility index (Phi) is 4.82. The molecule has 2 unspecified atom stereocenters. The van der Waals surface area contributed by atoms with Gasteiger partial charge in [-0.15, -0.1) is 0 Å². The van der Waals surface area contributed by atoms with Crippen molar-refractivity contribution in [2.75, 3.05) is 6.61 Å².